The van der Waals surface area contributed by atoms with Crippen LogP contribution in [0.15, 0.2) is 14.7 Å². The number of ether oxygens (including phenoxy) is 1. The van der Waals surface area contributed by atoms with Gasteiger partial charge in [0.15, 0.2) is 5.94 Å². The summed E-state index contributed by atoms with van der Waals surface area (Å²) < 4.78 is 10.9. The Bertz CT molecular complexity index is 345. The second kappa shape index (κ2) is 3.94. The van der Waals surface area contributed by atoms with Crippen molar-refractivity contribution in [1.82, 2.24) is 0 Å². The zero-order valence-electron chi connectivity index (χ0n) is 7.36. The van der Waals surface area contributed by atoms with Crippen molar-refractivity contribution < 1.29 is 4.74 Å². The average Bonchev–Trinajstić information content (AvgIpc) is 2.71. The third-order valence-electron chi connectivity index (χ3n) is 1.63. The molecule has 1 aromatic rings. The highest BCUT2D eigenvalue weighted by Gasteiger charge is 2.17. The molecular formula is C8H9NOS3. The van der Waals surface area contributed by atoms with E-state index in [-0.39, 0.29) is 0 Å². The first-order valence-electron chi connectivity index (χ1n) is 3.79. The highest BCUT2D eigenvalue weighted by molar-refractivity contribution is 8.00. The number of hydrogen-bond donors (Lipinski definition) is 0. The quantitative estimate of drug-likeness (QED) is 0.576. The van der Waals surface area contributed by atoms with Crippen LogP contribution in [-0.4, -0.2) is 18.1 Å². The van der Waals surface area contributed by atoms with E-state index >= 15 is 0 Å². The predicted octanol–water partition coefficient (Wildman–Crippen LogP) is 3.16. The molecule has 0 amide bonds. The van der Waals surface area contributed by atoms with E-state index in [1.165, 1.54) is 21.0 Å². The Morgan fingerprint density at radius 3 is 3.08 bits per heavy atom. The fourth-order valence-electron chi connectivity index (χ4n) is 1.11. The minimum atomic E-state index is 0.651. The highest BCUT2D eigenvalue weighted by Crippen LogP contribution is 2.32. The molecule has 1 aromatic heterocycles. The lowest BCUT2D eigenvalue weighted by atomic mass is 10.3. The van der Waals surface area contributed by atoms with Gasteiger partial charge >= 0.3 is 0 Å². The number of aryl methyl sites for hydroxylation is 1. The number of rotatable bonds is 2. The molecule has 0 fully saturated rings. The van der Waals surface area contributed by atoms with Gasteiger partial charge in [0, 0.05) is 16.8 Å². The Hall–Kier alpha value is -0.130. The summed E-state index contributed by atoms with van der Waals surface area (Å²) in [5, 5.41) is 0. The maximum Gasteiger partial charge on any atom is 0.230 e. The maximum atomic E-state index is 5.40. The SMILES string of the molecule is CSc1sc(C)cc1C1=NSCO1. The van der Waals surface area contributed by atoms with E-state index in [0.717, 1.165) is 11.5 Å². The smallest absolute Gasteiger partial charge is 0.230 e. The van der Waals surface area contributed by atoms with E-state index in [1.54, 1.807) is 23.1 Å². The molecule has 70 valence electrons. The minimum absolute atomic E-state index is 0.651. The van der Waals surface area contributed by atoms with Crippen LogP contribution in [-0.2, 0) is 4.74 Å². The van der Waals surface area contributed by atoms with Crippen LogP contribution in [0.3, 0.4) is 0 Å². The predicted molar refractivity (Wildman–Crippen MR) is 60.9 cm³/mol. The molecule has 2 rings (SSSR count). The molecule has 5 heteroatoms. The monoisotopic (exact) mass is 231 g/mol. The molecule has 0 spiro atoms. The normalized spacial score (nSPS) is 15.7. The molecule has 13 heavy (non-hydrogen) atoms. The second-order valence-electron chi connectivity index (χ2n) is 2.55. The summed E-state index contributed by atoms with van der Waals surface area (Å²) in [5.74, 6) is 1.44. The molecule has 0 radical (unpaired) electrons. The summed E-state index contributed by atoms with van der Waals surface area (Å²) in [6.07, 6.45) is 2.08. The van der Waals surface area contributed by atoms with Gasteiger partial charge in [-0.3, -0.25) is 0 Å². The molecule has 1 aliphatic heterocycles. The van der Waals surface area contributed by atoms with Crippen LogP contribution in [0.25, 0.3) is 0 Å². The van der Waals surface area contributed by atoms with E-state index in [9.17, 15) is 0 Å². The summed E-state index contributed by atoms with van der Waals surface area (Å²) in [7, 11) is 0. The molecule has 1 aliphatic rings. The average molecular weight is 231 g/mol. The van der Waals surface area contributed by atoms with Crippen molar-refractivity contribution in [2.75, 3.05) is 12.2 Å². The van der Waals surface area contributed by atoms with Gasteiger partial charge in [0.2, 0.25) is 5.90 Å². The van der Waals surface area contributed by atoms with Gasteiger partial charge in [0.05, 0.1) is 9.77 Å². The van der Waals surface area contributed by atoms with Crippen molar-refractivity contribution in [3.8, 4) is 0 Å². The van der Waals surface area contributed by atoms with Gasteiger partial charge in [-0.1, -0.05) is 0 Å². The van der Waals surface area contributed by atoms with Crippen molar-refractivity contribution in [3.05, 3.63) is 16.5 Å². The maximum absolute atomic E-state index is 5.40. The third-order valence-corrected chi connectivity index (χ3v) is 4.34. The molecule has 0 unspecified atom stereocenters. The lowest BCUT2D eigenvalue weighted by molar-refractivity contribution is 0.392. The minimum Gasteiger partial charge on any atom is -0.464 e. The van der Waals surface area contributed by atoms with Crippen molar-refractivity contribution >= 4 is 40.9 Å². The number of thiophene rings is 1. The molecule has 2 nitrogen and oxygen atoms in total. The zero-order chi connectivity index (χ0) is 9.26. The van der Waals surface area contributed by atoms with Gasteiger partial charge in [-0.15, -0.1) is 23.1 Å². The van der Waals surface area contributed by atoms with E-state index in [1.807, 2.05) is 0 Å². The first-order valence-corrected chi connectivity index (χ1v) is 6.77. The number of nitrogens with zero attached hydrogens (tertiary/aromatic N) is 1. The summed E-state index contributed by atoms with van der Waals surface area (Å²) in [4.78, 5) is 1.31. The standard InChI is InChI=1S/C8H9NOS3/c1-5-3-6(8(11-2)13-5)7-9-12-4-10-7/h3H,4H2,1-2H3. The summed E-state index contributed by atoms with van der Waals surface area (Å²) in [6.45, 7) is 2.11. The summed E-state index contributed by atoms with van der Waals surface area (Å²) in [5.41, 5.74) is 1.15. The van der Waals surface area contributed by atoms with Crippen LogP contribution in [0, 0.1) is 6.92 Å². The Balaban J connectivity index is 2.37. The van der Waals surface area contributed by atoms with Crippen molar-refractivity contribution in [1.29, 1.82) is 0 Å². The summed E-state index contributed by atoms with van der Waals surface area (Å²) in [6, 6.07) is 2.14. The third kappa shape index (κ3) is 1.87. The molecule has 0 aliphatic carbocycles. The van der Waals surface area contributed by atoms with Crippen LogP contribution < -0.4 is 0 Å². The largest absolute Gasteiger partial charge is 0.464 e. The number of thioether (sulfide) groups is 1. The topological polar surface area (TPSA) is 21.6 Å². The Labute approximate surface area is 89.9 Å². The van der Waals surface area contributed by atoms with Crippen LogP contribution in [0.4, 0.5) is 0 Å². The first kappa shape index (κ1) is 9.43. The van der Waals surface area contributed by atoms with Gasteiger partial charge in [0.25, 0.3) is 0 Å². The van der Waals surface area contributed by atoms with E-state index in [0.29, 0.717) is 5.94 Å². The lowest BCUT2D eigenvalue weighted by Crippen LogP contribution is -1.99. The zero-order valence-corrected chi connectivity index (χ0v) is 9.81. The second-order valence-corrected chi connectivity index (χ2v) is 5.56. The van der Waals surface area contributed by atoms with E-state index in [2.05, 4.69) is 23.6 Å². The fourth-order valence-corrected chi connectivity index (χ4v) is 3.42. The molecule has 0 bridgehead atoms. The Morgan fingerprint density at radius 1 is 1.62 bits per heavy atom. The molecule has 0 aromatic carbocycles. The lowest BCUT2D eigenvalue weighted by Gasteiger charge is -1.98. The Kier molecular flexibility index (Phi) is 2.86. The van der Waals surface area contributed by atoms with Gasteiger partial charge in [-0.2, -0.15) is 4.40 Å². The molecule has 0 saturated heterocycles. The van der Waals surface area contributed by atoms with Crippen LogP contribution in [0.5, 0.6) is 0 Å². The Morgan fingerprint density at radius 2 is 2.46 bits per heavy atom. The molecule has 2 heterocycles. The summed E-state index contributed by atoms with van der Waals surface area (Å²) >= 11 is 5.01. The molecule has 0 atom stereocenters. The van der Waals surface area contributed by atoms with Gasteiger partial charge in [-0.05, 0) is 19.2 Å². The molecule has 0 saturated carbocycles. The van der Waals surface area contributed by atoms with Crippen molar-refractivity contribution in [3.63, 3.8) is 0 Å². The molecule has 0 N–H and O–H groups in total. The highest BCUT2D eigenvalue weighted by atomic mass is 32.2. The molecular weight excluding hydrogens is 222 g/mol. The van der Waals surface area contributed by atoms with E-state index in [4.69, 9.17) is 4.74 Å². The van der Waals surface area contributed by atoms with Crippen molar-refractivity contribution in [2.24, 2.45) is 4.40 Å². The van der Waals surface area contributed by atoms with Crippen LogP contribution in [0.1, 0.15) is 10.4 Å². The van der Waals surface area contributed by atoms with Gasteiger partial charge in [-0.25, -0.2) is 0 Å². The number of hydrogen-bond acceptors (Lipinski definition) is 5. The fraction of sp³-hybridized carbons (Fsp3) is 0.375. The van der Waals surface area contributed by atoms with Gasteiger partial charge in [0.1, 0.15) is 0 Å². The van der Waals surface area contributed by atoms with Crippen LogP contribution in [0.2, 0.25) is 0 Å². The van der Waals surface area contributed by atoms with Crippen LogP contribution >= 0.6 is 35.0 Å². The van der Waals surface area contributed by atoms with Gasteiger partial charge < -0.3 is 4.74 Å². The van der Waals surface area contributed by atoms with Crippen molar-refractivity contribution in [2.45, 2.75) is 11.1 Å². The van der Waals surface area contributed by atoms with E-state index < -0.39 is 0 Å². The first-order chi connectivity index (χ1) is 6.31.